The number of nitrogens with zero attached hydrogens (tertiary/aromatic N) is 1. The van der Waals surface area contributed by atoms with E-state index in [2.05, 4.69) is 21.2 Å². The zero-order valence-electron chi connectivity index (χ0n) is 13.5. The molecular formula is C18H16BrClN2O3. The van der Waals surface area contributed by atoms with Gasteiger partial charge in [0.1, 0.15) is 17.9 Å². The Morgan fingerprint density at radius 3 is 2.60 bits per heavy atom. The number of amides is 3. The number of rotatable bonds is 5. The third-order valence-corrected chi connectivity index (χ3v) is 4.82. The normalized spacial score (nSPS) is 19.9. The van der Waals surface area contributed by atoms with Crippen LogP contribution in [0.3, 0.4) is 0 Å². The quantitative estimate of drug-likeness (QED) is 0.741. The van der Waals surface area contributed by atoms with Crippen LogP contribution in [0.25, 0.3) is 0 Å². The summed E-state index contributed by atoms with van der Waals surface area (Å²) in [5.41, 5.74) is -0.359. The summed E-state index contributed by atoms with van der Waals surface area (Å²) in [5.74, 6) is 0.335. The molecule has 2 aromatic carbocycles. The molecule has 0 bridgehead atoms. The van der Waals surface area contributed by atoms with Crippen LogP contribution >= 0.6 is 27.5 Å². The number of imide groups is 1. The lowest BCUT2D eigenvalue weighted by Gasteiger charge is -2.22. The van der Waals surface area contributed by atoms with Gasteiger partial charge < -0.3 is 10.1 Å². The van der Waals surface area contributed by atoms with Gasteiger partial charge in [-0.1, -0.05) is 39.7 Å². The van der Waals surface area contributed by atoms with Gasteiger partial charge in [-0.25, -0.2) is 4.79 Å². The molecule has 2 aromatic rings. The molecule has 0 spiro atoms. The van der Waals surface area contributed by atoms with E-state index in [0.717, 1.165) is 10.0 Å². The van der Waals surface area contributed by atoms with Crippen LogP contribution in [0.5, 0.6) is 5.75 Å². The second-order valence-electron chi connectivity index (χ2n) is 5.82. The minimum absolute atomic E-state index is 0.164. The summed E-state index contributed by atoms with van der Waals surface area (Å²) in [7, 11) is 0. The van der Waals surface area contributed by atoms with E-state index in [9.17, 15) is 9.59 Å². The van der Waals surface area contributed by atoms with Crippen LogP contribution in [0.15, 0.2) is 53.0 Å². The molecular weight excluding hydrogens is 408 g/mol. The molecule has 25 heavy (non-hydrogen) atoms. The molecule has 7 heteroatoms. The first-order valence-corrected chi connectivity index (χ1v) is 8.86. The van der Waals surface area contributed by atoms with Crippen molar-refractivity contribution in [2.75, 3.05) is 13.2 Å². The van der Waals surface area contributed by atoms with E-state index >= 15 is 0 Å². The molecule has 5 nitrogen and oxygen atoms in total. The monoisotopic (exact) mass is 422 g/mol. The molecule has 1 aliphatic heterocycles. The number of urea groups is 1. The van der Waals surface area contributed by atoms with Gasteiger partial charge in [-0.05, 0) is 48.9 Å². The predicted octanol–water partition coefficient (Wildman–Crippen LogP) is 3.95. The van der Waals surface area contributed by atoms with Gasteiger partial charge in [-0.15, -0.1) is 0 Å². The van der Waals surface area contributed by atoms with E-state index in [1.807, 2.05) is 24.3 Å². The van der Waals surface area contributed by atoms with Crippen molar-refractivity contribution in [2.45, 2.75) is 12.5 Å². The van der Waals surface area contributed by atoms with Crippen LogP contribution in [0, 0.1) is 0 Å². The van der Waals surface area contributed by atoms with Crippen molar-refractivity contribution in [3.05, 3.63) is 63.6 Å². The molecule has 1 N–H and O–H groups in total. The summed E-state index contributed by atoms with van der Waals surface area (Å²) in [6.07, 6.45) is 0. The molecule has 1 heterocycles. The molecule has 1 fully saturated rings. The average molecular weight is 424 g/mol. The maximum Gasteiger partial charge on any atom is 0.325 e. The SMILES string of the molecule is C[C@]1(c2cccc(Br)c2)NC(=O)N(CCOc2ccc(Cl)cc2)C1=O. The van der Waals surface area contributed by atoms with Gasteiger partial charge in [-0.3, -0.25) is 9.69 Å². The third-order valence-electron chi connectivity index (χ3n) is 4.07. The van der Waals surface area contributed by atoms with Gasteiger partial charge in [-0.2, -0.15) is 0 Å². The average Bonchev–Trinajstić information content (AvgIpc) is 2.81. The zero-order chi connectivity index (χ0) is 18.0. The summed E-state index contributed by atoms with van der Waals surface area (Å²) in [4.78, 5) is 26.2. The maximum absolute atomic E-state index is 12.8. The lowest BCUT2D eigenvalue weighted by Crippen LogP contribution is -2.41. The summed E-state index contributed by atoms with van der Waals surface area (Å²) in [5, 5.41) is 3.39. The number of benzene rings is 2. The molecule has 0 aliphatic carbocycles. The minimum atomic E-state index is -1.08. The number of carbonyl (C=O) groups excluding carboxylic acids is 2. The predicted molar refractivity (Wildman–Crippen MR) is 98.7 cm³/mol. The van der Waals surface area contributed by atoms with Crippen LogP contribution in [-0.2, 0) is 10.3 Å². The molecule has 3 amide bonds. The molecule has 1 aliphatic rings. The molecule has 1 atom stereocenters. The molecule has 0 aromatic heterocycles. The summed E-state index contributed by atoms with van der Waals surface area (Å²) in [6.45, 7) is 2.07. The molecule has 0 unspecified atom stereocenters. The highest BCUT2D eigenvalue weighted by molar-refractivity contribution is 9.10. The Balaban J connectivity index is 1.68. The van der Waals surface area contributed by atoms with Gasteiger partial charge >= 0.3 is 6.03 Å². The van der Waals surface area contributed by atoms with Crippen LogP contribution in [0.2, 0.25) is 5.02 Å². The van der Waals surface area contributed by atoms with Gasteiger partial charge in [0.2, 0.25) is 0 Å². The van der Waals surface area contributed by atoms with Gasteiger partial charge in [0.25, 0.3) is 5.91 Å². The Bertz CT molecular complexity index is 812. The van der Waals surface area contributed by atoms with Gasteiger partial charge in [0.15, 0.2) is 0 Å². The first-order valence-electron chi connectivity index (χ1n) is 7.69. The number of hydrogen-bond acceptors (Lipinski definition) is 3. The fraction of sp³-hybridized carbons (Fsp3) is 0.222. The Morgan fingerprint density at radius 1 is 1.20 bits per heavy atom. The Morgan fingerprint density at radius 2 is 1.92 bits per heavy atom. The maximum atomic E-state index is 12.8. The Kier molecular flexibility index (Phi) is 5.01. The van der Waals surface area contributed by atoms with Gasteiger partial charge in [0.05, 0.1) is 6.54 Å². The van der Waals surface area contributed by atoms with E-state index < -0.39 is 11.6 Å². The minimum Gasteiger partial charge on any atom is -0.492 e. The Hall–Kier alpha value is -2.05. The molecule has 0 radical (unpaired) electrons. The van der Waals surface area contributed by atoms with Crippen LogP contribution in [0.4, 0.5) is 4.79 Å². The van der Waals surface area contributed by atoms with Crippen molar-refractivity contribution >= 4 is 39.5 Å². The lowest BCUT2D eigenvalue weighted by molar-refractivity contribution is -0.131. The summed E-state index contributed by atoms with van der Waals surface area (Å²) < 4.78 is 6.42. The number of halogens is 2. The smallest absolute Gasteiger partial charge is 0.325 e. The highest BCUT2D eigenvalue weighted by atomic mass is 79.9. The van der Waals surface area contributed by atoms with Crippen molar-refractivity contribution in [1.29, 1.82) is 0 Å². The second kappa shape index (κ2) is 7.06. The number of ether oxygens (including phenoxy) is 1. The van der Waals surface area contributed by atoms with Gasteiger partial charge in [0, 0.05) is 9.50 Å². The molecule has 130 valence electrons. The highest BCUT2D eigenvalue weighted by Crippen LogP contribution is 2.30. The Labute approximate surface area is 159 Å². The second-order valence-corrected chi connectivity index (χ2v) is 7.18. The van der Waals surface area contributed by atoms with Crippen molar-refractivity contribution in [2.24, 2.45) is 0 Å². The molecule has 3 rings (SSSR count). The first kappa shape index (κ1) is 17.8. The fourth-order valence-electron chi connectivity index (χ4n) is 2.68. The topological polar surface area (TPSA) is 58.6 Å². The van der Waals surface area contributed by atoms with Crippen molar-refractivity contribution in [3.63, 3.8) is 0 Å². The number of nitrogens with one attached hydrogen (secondary N) is 1. The first-order chi connectivity index (χ1) is 11.9. The van der Waals surface area contributed by atoms with Crippen molar-refractivity contribution in [3.8, 4) is 5.75 Å². The van der Waals surface area contributed by atoms with E-state index in [1.54, 1.807) is 31.2 Å². The standard InChI is InChI=1S/C18H16BrClN2O3/c1-18(12-3-2-4-13(19)11-12)16(23)22(17(24)21-18)9-10-25-15-7-5-14(20)6-8-15/h2-8,11H,9-10H2,1H3,(H,21,24)/t18-/m1/s1. The van der Waals surface area contributed by atoms with Crippen molar-refractivity contribution in [1.82, 2.24) is 10.2 Å². The third kappa shape index (κ3) is 3.65. The van der Waals surface area contributed by atoms with E-state index in [1.165, 1.54) is 4.90 Å². The van der Waals surface area contributed by atoms with Crippen LogP contribution < -0.4 is 10.1 Å². The largest absolute Gasteiger partial charge is 0.492 e. The molecule has 1 saturated heterocycles. The van der Waals surface area contributed by atoms with Crippen molar-refractivity contribution < 1.29 is 14.3 Å². The summed E-state index contributed by atoms with van der Waals surface area (Å²) in [6, 6.07) is 13.8. The van der Waals surface area contributed by atoms with E-state index in [4.69, 9.17) is 16.3 Å². The zero-order valence-corrected chi connectivity index (χ0v) is 15.8. The van der Waals surface area contributed by atoms with Crippen LogP contribution in [-0.4, -0.2) is 30.0 Å². The molecule has 0 saturated carbocycles. The fourth-order valence-corrected chi connectivity index (χ4v) is 3.21. The van der Waals surface area contributed by atoms with E-state index in [0.29, 0.717) is 10.8 Å². The highest BCUT2D eigenvalue weighted by Gasteiger charge is 2.48. The number of hydrogen-bond donors (Lipinski definition) is 1. The van der Waals surface area contributed by atoms with E-state index in [-0.39, 0.29) is 19.1 Å². The lowest BCUT2D eigenvalue weighted by atomic mass is 9.92. The summed E-state index contributed by atoms with van der Waals surface area (Å²) >= 11 is 9.21. The van der Waals surface area contributed by atoms with Crippen LogP contribution in [0.1, 0.15) is 12.5 Å². The number of carbonyl (C=O) groups is 2.